The summed E-state index contributed by atoms with van der Waals surface area (Å²) >= 11 is 0. The fourth-order valence-corrected chi connectivity index (χ4v) is 3.44. The second-order valence-corrected chi connectivity index (χ2v) is 7.37. The summed E-state index contributed by atoms with van der Waals surface area (Å²) in [5.41, 5.74) is 0.690. The predicted octanol–water partition coefficient (Wildman–Crippen LogP) is 4.70. The number of hydrogen-bond donors (Lipinski definition) is 0. The molecule has 1 aliphatic heterocycles. The molecule has 30 heavy (non-hydrogen) atoms. The standard InChI is InChI=1S/C22H20F3N3O2/c23-22(24,25)18-10-5-9-16(12-18)20-26-21(30-27-20)17-13-28(14-17)19(29)11-4-8-15-6-2-1-3-7-15/h1-3,5-7,9-10,12,17H,4,8,11,13-14H2. The predicted molar refractivity (Wildman–Crippen MR) is 103 cm³/mol. The van der Waals surface area contributed by atoms with Crippen LogP contribution in [0.25, 0.3) is 11.4 Å². The van der Waals surface area contributed by atoms with Crippen LogP contribution in [0.1, 0.15) is 35.8 Å². The van der Waals surface area contributed by atoms with Crippen molar-refractivity contribution in [3.8, 4) is 11.4 Å². The molecule has 5 nitrogen and oxygen atoms in total. The molecule has 1 fully saturated rings. The van der Waals surface area contributed by atoms with Gasteiger partial charge in [-0.3, -0.25) is 4.79 Å². The van der Waals surface area contributed by atoms with Crippen molar-refractivity contribution in [2.24, 2.45) is 0 Å². The van der Waals surface area contributed by atoms with Gasteiger partial charge in [0.05, 0.1) is 11.5 Å². The normalized spacial score (nSPS) is 14.6. The molecule has 2 heterocycles. The van der Waals surface area contributed by atoms with Gasteiger partial charge in [0.1, 0.15) is 0 Å². The van der Waals surface area contributed by atoms with E-state index in [0.717, 1.165) is 25.0 Å². The van der Waals surface area contributed by atoms with Crippen molar-refractivity contribution >= 4 is 5.91 Å². The van der Waals surface area contributed by atoms with E-state index >= 15 is 0 Å². The highest BCUT2D eigenvalue weighted by Crippen LogP contribution is 2.32. The van der Waals surface area contributed by atoms with E-state index in [1.54, 1.807) is 4.90 Å². The molecule has 0 aliphatic carbocycles. The van der Waals surface area contributed by atoms with Crippen LogP contribution in [0.5, 0.6) is 0 Å². The van der Waals surface area contributed by atoms with Gasteiger partial charge in [0, 0.05) is 25.1 Å². The summed E-state index contributed by atoms with van der Waals surface area (Å²) in [4.78, 5) is 18.3. The van der Waals surface area contributed by atoms with Crippen molar-refractivity contribution in [1.82, 2.24) is 15.0 Å². The summed E-state index contributed by atoms with van der Waals surface area (Å²) in [6.07, 6.45) is -2.32. The number of aromatic nitrogens is 2. The summed E-state index contributed by atoms with van der Waals surface area (Å²) in [5.74, 6) is 0.453. The van der Waals surface area contributed by atoms with Crippen molar-refractivity contribution in [1.29, 1.82) is 0 Å². The Morgan fingerprint density at radius 3 is 2.60 bits per heavy atom. The number of carbonyl (C=O) groups is 1. The van der Waals surface area contributed by atoms with Crippen molar-refractivity contribution in [2.75, 3.05) is 13.1 Å². The molecule has 156 valence electrons. The largest absolute Gasteiger partial charge is 0.416 e. The zero-order chi connectivity index (χ0) is 21.1. The average molecular weight is 415 g/mol. The van der Waals surface area contributed by atoms with Gasteiger partial charge in [0.2, 0.25) is 17.6 Å². The lowest BCUT2D eigenvalue weighted by Crippen LogP contribution is -2.48. The van der Waals surface area contributed by atoms with Gasteiger partial charge in [-0.2, -0.15) is 18.2 Å². The number of rotatable bonds is 6. The minimum atomic E-state index is -4.43. The lowest BCUT2D eigenvalue weighted by molar-refractivity contribution is -0.137. The smallest absolute Gasteiger partial charge is 0.341 e. The number of nitrogens with zero attached hydrogens (tertiary/aromatic N) is 3. The van der Waals surface area contributed by atoms with Crippen LogP contribution >= 0.6 is 0 Å². The third-order valence-corrected chi connectivity index (χ3v) is 5.17. The Labute approximate surface area is 171 Å². The zero-order valence-electron chi connectivity index (χ0n) is 16.1. The van der Waals surface area contributed by atoms with Crippen LogP contribution in [0.15, 0.2) is 59.1 Å². The first-order valence-corrected chi connectivity index (χ1v) is 9.73. The van der Waals surface area contributed by atoms with E-state index in [0.29, 0.717) is 25.4 Å². The number of benzene rings is 2. The highest BCUT2D eigenvalue weighted by atomic mass is 19.4. The number of halogens is 3. The maximum absolute atomic E-state index is 12.9. The number of amides is 1. The van der Waals surface area contributed by atoms with Gasteiger partial charge in [-0.1, -0.05) is 47.6 Å². The summed E-state index contributed by atoms with van der Waals surface area (Å²) in [7, 11) is 0. The van der Waals surface area contributed by atoms with Crippen LogP contribution in [0.2, 0.25) is 0 Å². The number of carbonyl (C=O) groups excluding carboxylic acids is 1. The number of hydrogen-bond acceptors (Lipinski definition) is 4. The molecule has 1 saturated heterocycles. The number of alkyl halides is 3. The van der Waals surface area contributed by atoms with Crippen LogP contribution in [-0.4, -0.2) is 34.0 Å². The maximum atomic E-state index is 12.9. The van der Waals surface area contributed by atoms with Gasteiger partial charge in [-0.25, -0.2) is 0 Å². The second-order valence-electron chi connectivity index (χ2n) is 7.37. The topological polar surface area (TPSA) is 59.2 Å². The van der Waals surface area contributed by atoms with E-state index in [4.69, 9.17) is 4.52 Å². The van der Waals surface area contributed by atoms with Crippen LogP contribution in [0.4, 0.5) is 13.2 Å². The molecular formula is C22H20F3N3O2. The van der Waals surface area contributed by atoms with Gasteiger partial charge in [-0.05, 0) is 30.5 Å². The molecular weight excluding hydrogens is 395 g/mol. The maximum Gasteiger partial charge on any atom is 0.416 e. The third-order valence-electron chi connectivity index (χ3n) is 5.17. The molecule has 0 spiro atoms. The molecule has 0 bridgehead atoms. The molecule has 8 heteroatoms. The Morgan fingerprint density at radius 2 is 1.87 bits per heavy atom. The van der Waals surface area contributed by atoms with Gasteiger partial charge in [-0.15, -0.1) is 0 Å². The fraction of sp³-hybridized carbons (Fsp3) is 0.318. The minimum Gasteiger partial charge on any atom is -0.341 e. The average Bonchev–Trinajstić information content (AvgIpc) is 3.17. The van der Waals surface area contributed by atoms with E-state index in [1.807, 2.05) is 30.3 Å². The summed E-state index contributed by atoms with van der Waals surface area (Å²) in [6, 6.07) is 14.8. The van der Waals surface area contributed by atoms with Gasteiger partial charge in [0.15, 0.2) is 0 Å². The lowest BCUT2D eigenvalue weighted by atomic mass is 9.99. The van der Waals surface area contributed by atoms with Crippen molar-refractivity contribution in [3.05, 3.63) is 71.6 Å². The quantitative estimate of drug-likeness (QED) is 0.585. The first-order valence-electron chi connectivity index (χ1n) is 9.73. The Balaban J connectivity index is 1.29. The molecule has 1 aliphatic rings. The van der Waals surface area contributed by atoms with Gasteiger partial charge in [0.25, 0.3) is 0 Å². The van der Waals surface area contributed by atoms with E-state index in [2.05, 4.69) is 10.1 Å². The third kappa shape index (κ3) is 4.53. The van der Waals surface area contributed by atoms with E-state index in [1.165, 1.54) is 17.7 Å². The zero-order valence-corrected chi connectivity index (χ0v) is 16.1. The fourth-order valence-electron chi connectivity index (χ4n) is 3.44. The van der Waals surface area contributed by atoms with Crippen molar-refractivity contribution in [3.63, 3.8) is 0 Å². The van der Waals surface area contributed by atoms with Crippen LogP contribution < -0.4 is 0 Å². The summed E-state index contributed by atoms with van der Waals surface area (Å²) in [5, 5.41) is 3.81. The Bertz CT molecular complexity index is 1010. The van der Waals surface area contributed by atoms with Crippen molar-refractivity contribution in [2.45, 2.75) is 31.4 Å². The van der Waals surface area contributed by atoms with Gasteiger partial charge < -0.3 is 9.42 Å². The molecule has 1 aromatic heterocycles. The Morgan fingerprint density at radius 1 is 1.10 bits per heavy atom. The van der Waals surface area contributed by atoms with Crippen LogP contribution in [0.3, 0.4) is 0 Å². The molecule has 3 aromatic rings. The SMILES string of the molecule is O=C(CCCc1ccccc1)N1CC(c2nc(-c3cccc(C(F)(F)F)c3)no2)C1. The first-order chi connectivity index (χ1) is 14.4. The van der Waals surface area contributed by atoms with E-state index in [-0.39, 0.29) is 23.2 Å². The minimum absolute atomic E-state index is 0.0831. The molecule has 2 aromatic carbocycles. The van der Waals surface area contributed by atoms with E-state index < -0.39 is 11.7 Å². The molecule has 0 saturated carbocycles. The summed E-state index contributed by atoms with van der Waals surface area (Å²) in [6.45, 7) is 0.961. The highest BCUT2D eigenvalue weighted by Gasteiger charge is 2.35. The monoisotopic (exact) mass is 415 g/mol. The van der Waals surface area contributed by atoms with Gasteiger partial charge >= 0.3 is 6.18 Å². The number of likely N-dealkylation sites (tertiary alicyclic amines) is 1. The highest BCUT2D eigenvalue weighted by molar-refractivity contribution is 5.77. The molecule has 0 N–H and O–H groups in total. The summed E-state index contributed by atoms with van der Waals surface area (Å²) < 4.78 is 43.9. The Hall–Kier alpha value is -3.16. The molecule has 1 amide bonds. The molecule has 0 atom stereocenters. The Kier molecular flexibility index (Phi) is 5.57. The van der Waals surface area contributed by atoms with E-state index in [9.17, 15) is 18.0 Å². The lowest BCUT2D eigenvalue weighted by Gasteiger charge is -2.37. The van der Waals surface area contributed by atoms with Crippen molar-refractivity contribution < 1.29 is 22.5 Å². The number of aryl methyl sites for hydroxylation is 1. The second kappa shape index (κ2) is 8.30. The van der Waals surface area contributed by atoms with Crippen LogP contribution in [-0.2, 0) is 17.4 Å². The first kappa shape index (κ1) is 20.1. The molecule has 0 radical (unpaired) electrons. The molecule has 0 unspecified atom stereocenters. The molecule has 4 rings (SSSR count). The van der Waals surface area contributed by atoms with Crippen LogP contribution in [0, 0.1) is 0 Å².